The average Bonchev–Trinajstić information content (AvgIpc) is 2.65. The van der Waals surface area contributed by atoms with Gasteiger partial charge in [-0.15, -0.1) is 0 Å². The van der Waals surface area contributed by atoms with Gasteiger partial charge in [0.15, 0.2) is 0 Å². The van der Waals surface area contributed by atoms with Gasteiger partial charge in [0.25, 0.3) is 0 Å². The molecule has 138 valence electrons. The number of amides is 2. The highest BCUT2D eigenvalue weighted by Crippen LogP contribution is 2.17. The van der Waals surface area contributed by atoms with Crippen molar-refractivity contribution in [2.75, 3.05) is 22.9 Å². The van der Waals surface area contributed by atoms with Crippen LogP contribution >= 0.6 is 0 Å². The van der Waals surface area contributed by atoms with Crippen LogP contribution in [0.2, 0.25) is 0 Å². The van der Waals surface area contributed by atoms with Gasteiger partial charge in [-0.1, -0.05) is 49.2 Å². The van der Waals surface area contributed by atoms with Crippen molar-refractivity contribution in [2.45, 2.75) is 39.5 Å². The number of anilines is 2. The highest BCUT2D eigenvalue weighted by molar-refractivity contribution is 5.91. The maximum Gasteiger partial charge on any atom is 0.223 e. The molecular weight excluding hydrogens is 324 g/mol. The summed E-state index contributed by atoms with van der Waals surface area (Å²) < 4.78 is 0. The van der Waals surface area contributed by atoms with Crippen LogP contribution in [0.1, 0.15) is 39.5 Å². The van der Waals surface area contributed by atoms with Gasteiger partial charge in [0, 0.05) is 38.3 Å². The second-order valence-electron chi connectivity index (χ2n) is 6.43. The molecule has 4 heteroatoms. The van der Waals surface area contributed by atoms with E-state index >= 15 is 0 Å². The van der Waals surface area contributed by atoms with Gasteiger partial charge in [-0.25, -0.2) is 0 Å². The first kappa shape index (κ1) is 19.7. The van der Waals surface area contributed by atoms with Crippen molar-refractivity contribution in [1.82, 2.24) is 0 Å². The van der Waals surface area contributed by atoms with Crippen LogP contribution in [0.5, 0.6) is 0 Å². The van der Waals surface area contributed by atoms with Gasteiger partial charge in [0.05, 0.1) is 0 Å². The Morgan fingerprint density at radius 3 is 1.27 bits per heavy atom. The Morgan fingerprint density at radius 1 is 0.615 bits per heavy atom. The van der Waals surface area contributed by atoms with Crippen LogP contribution in [-0.2, 0) is 9.59 Å². The highest BCUT2D eigenvalue weighted by atomic mass is 16.2. The van der Waals surface area contributed by atoms with Gasteiger partial charge in [0.2, 0.25) is 11.8 Å². The Hall–Kier alpha value is -2.62. The number of para-hydroxylation sites is 2. The van der Waals surface area contributed by atoms with Gasteiger partial charge < -0.3 is 9.80 Å². The maximum absolute atomic E-state index is 11.9. The molecule has 0 bridgehead atoms. The van der Waals surface area contributed by atoms with E-state index in [0.717, 1.165) is 50.1 Å². The summed E-state index contributed by atoms with van der Waals surface area (Å²) in [7, 11) is 0. The lowest BCUT2D eigenvalue weighted by Gasteiger charge is -2.22. The predicted octanol–water partition coefficient (Wildman–Crippen LogP) is 4.65. The summed E-state index contributed by atoms with van der Waals surface area (Å²) in [6.07, 6.45) is 3.99. The average molecular weight is 352 g/mol. The number of carbonyl (C=O) groups is 2. The first-order valence-corrected chi connectivity index (χ1v) is 9.26. The molecular formula is C22H28N2O2. The zero-order valence-corrected chi connectivity index (χ0v) is 15.7. The Labute approximate surface area is 156 Å². The van der Waals surface area contributed by atoms with Crippen LogP contribution in [0, 0.1) is 0 Å². The fraction of sp³-hybridized carbons (Fsp3) is 0.364. The Balaban J connectivity index is 1.74. The summed E-state index contributed by atoms with van der Waals surface area (Å²) in [6, 6.07) is 19.6. The summed E-state index contributed by atoms with van der Waals surface area (Å²) in [5, 5.41) is 0. The minimum absolute atomic E-state index is 0.0723. The molecule has 0 spiro atoms. The molecule has 0 atom stereocenters. The predicted molar refractivity (Wildman–Crippen MR) is 107 cm³/mol. The highest BCUT2D eigenvalue weighted by Gasteiger charge is 2.12. The second-order valence-corrected chi connectivity index (χ2v) is 6.43. The van der Waals surface area contributed by atoms with E-state index in [2.05, 4.69) is 0 Å². The molecule has 0 saturated heterocycles. The minimum atomic E-state index is 0.0723. The fourth-order valence-electron chi connectivity index (χ4n) is 3.05. The zero-order chi connectivity index (χ0) is 18.8. The van der Waals surface area contributed by atoms with Crippen molar-refractivity contribution >= 4 is 23.2 Å². The third-order valence-electron chi connectivity index (χ3n) is 4.41. The lowest BCUT2D eigenvalue weighted by Crippen LogP contribution is -2.30. The lowest BCUT2D eigenvalue weighted by molar-refractivity contribution is -0.117. The van der Waals surface area contributed by atoms with E-state index in [-0.39, 0.29) is 11.8 Å². The third-order valence-corrected chi connectivity index (χ3v) is 4.41. The third kappa shape index (κ3) is 6.03. The fourth-order valence-corrected chi connectivity index (χ4v) is 3.05. The van der Waals surface area contributed by atoms with Crippen molar-refractivity contribution in [1.29, 1.82) is 0 Å². The Bertz CT molecular complexity index is 624. The largest absolute Gasteiger partial charge is 0.313 e. The molecule has 0 unspecified atom stereocenters. The number of nitrogens with zero attached hydrogens (tertiary/aromatic N) is 2. The molecule has 0 aliphatic rings. The van der Waals surface area contributed by atoms with Crippen molar-refractivity contribution in [2.24, 2.45) is 0 Å². The molecule has 0 aliphatic heterocycles. The molecule has 2 amide bonds. The molecule has 4 nitrogen and oxygen atoms in total. The van der Waals surface area contributed by atoms with Crippen LogP contribution in [0.3, 0.4) is 0 Å². The van der Waals surface area contributed by atoms with Crippen LogP contribution in [0.15, 0.2) is 60.7 Å². The van der Waals surface area contributed by atoms with Crippen molar-refractivity contribution in [3.8, 4) is 0 Å². The van der Waals surface area contributed by atoms with Crippen LogP contribution in [-0.4, -0.2) is 24.9 Å². The summed E-state index contributed by atoms with van der Waals surface area (Å²) in [5.41, 5.74) is 1.90. The molecule has 2 aromatic carbocycles. The van der Waals surface area contributed by atoms with Gasteiger partial charge >= 0.3 is 0 Å². The first-order valence-electron chi connectivity index (χ1n) is 9.26. The van der Waals surface area contributed by atoms with Gasteiger partial charge in [-0.3, -0.25) is 9.59 Å². The van der Waals surface area contributed by atoms with E-state index in [0.29, 0.717) is 0 Å². The number of hydrogen-bond donors (Lipinski definition) is 0. The minimum Gasteiger partial charge on any atom is -0.313 e. The lowest BCUT2D eigenvalue weighted by atomic mass is 10.1. The molecule has 2 aromatic rings. The molecule has 0 heterocycles. The van der Waals surface area contributed by atoms with E-state index in [1.807, 2.05) is 70.5 Å². The van der Waals surface area contributed by atoms with Crippen molar-refractivity contribution in [3.05, 3.63) is 60.7 Å². The topological polar surface area (TPSA) is 40.6 Å². The summed E-state index contributed by atoms with van der Waals surface area (Å²) in [5.74, 6) is 0.145. The Kier molecular flexibility index (Phi) is 7.87. The van der Waals surface area contributed by atoms with Crippen molar-refractivity contribution in [3.63, 3.8) is 0 Å². The number of carbonyl (C=O) groups excluding carboxylic acids is 2. The molecule has 0 saturated carbocycles. The van der Waals surface area contributed by atoms with Gasteiger partial charge in [-0.2, -0.15) is 0 Å². The Morgan fingerprint density at radius 2 is 0.962 bits per heavy atom. The quantitative estimate of drug-likeness (QED) is 0.616. The normalized spacial score (nSPS) is 10.4. The first-order chi connectivity index (χ1) is 12.6. The van der Waals surface area contributed by atoms with E-state index in [1.165, 1.54) is 0 Å². The molecule has 0 fully saturated rings. The number of rotatable bonds is 9. The van der Waals surface area contributed by atoms with E-state index in [4.69, 9.17) is 0 Å². The molecule has 0 aliphatic carbocycles. The number of benzene rings is 2. The monoisotopic (exact) mass is 352 g/mol. The second kappa shape index (κ2) is 10.4. The summed E-state index contributed by atoms with van der Waals surface area (Å²) in [4.78, 5) is 27.4. The molecule has 0 radical (unpaired) electrons. The number of hydrogen-bond acceptors (Lipinski definition) is 2. The van der Waals surface area contributed by atoms with Gasteiger partial charge in [0.1, 0.15) is 0 Å². The van der Waals surface area contributed by atoms with E-state index in [9.17, 15) is 9.59 Å². The van der Waals surface area contributed by atoms with Gasteiger partial charge in [-0.05, 0) is 37.1 Å². The van der Waals surface area contributed by atoms with Crippen LogP contribution in [0.25, 0.3) is 0 Å². The van der Waals surface area contributed by atoms with Crippen LogP contribution in [0.4, 0.5) is 11.4 Å². The maximum atomic E-state index is 11.9. The SMILES string of the molecule is CC(=O)N(CCCCCCN(C(C)=O)c1ccccc1)c1ccccc1. The summed E-state index contributed by atoms with van der Waals surface area (Å²) in [6.45, 7) is 4.68. The zero-order valence-electron chi connectivity index (χ0n) is 15.7. The molecule has 0 N–H and O–H groups in total. The smallest absolute Gasteiger partial charge is 0.223 e. The van der Waals surface area contributed by atoms with Crippen molar-refractivity contribution < 1.29 is 9.59 Å². The van der Waals surface area contributed by atoms with Crippen LogP contribution < -0.4 is 9.80 Å². The molecule has 26 heavy (non-hydrogen) atoms. The standard InChI is InChI=1S/C22H28N2O2/c1-19(25)23(21-13-7-5-8-14-21)17-11-3-4-12-18-24(20(2)26)22-15-9-6-10-16-22/h5-10,13-16H,3-4,11-12,17-18H2,1-2H3. The molecule has 0 aromatic heterocycles. The van der Waals surface area contributed by atoms with E-state index < -0.39 is 0 Å². The summed E-state index contributed by atoms with van der Waals surface area (Å²) >= 11 is 0. The number of unbranched alkanes of at least 4 members (excludes halogenated alkanes) is 3. The molecule has 2 rings (SSSR count). The van der Waals surface area contributed by atoms with E-state index in [1.54, 1.807) is 13.8 Å².